The van der Waals surface area contributed by atoms with E-state index in [2.05, 4.69) is 20.7 Å². The van der Waals surface area contributed by atoms with Gasteiger partial charge in [-0.15, -0.1) is 0 Å². The molecule has 0 amide bonds. The Bertz CT molecular complexity index is 574. The second-order valence-corrected chi connectivity index (χ2v) is 7.02. The molecule has 1 aromatic rings. The number of hydrogen-bond donors (Lipinski definition) is 1. The van der Waals surface area contributed by atoms with Crippen molar-refractivity contribution in [2.45, 2.75) is 18.1 Å². The second kappa shape index (κ2) is 5.72. The third-order valence-corrected chi connectivity index (χ3v) is 5.33. The van der Waals surface area contributed by atoms with Crippen molar-refractivity contribution < 1.29 is 21.9 Å². The van der Waals surface area contributed by atoms with Crippen LogP contribution in [0.4, 0.5) is 14.5 Å². The summed E-state index contributed by atoms with van der Waals surface area (Å²) in [5.74, 6) is -1.56. The topological polar surface area (TPSA) is 55.4 Å². The minimum Gasteiger partial charge on any atom is -0.381 e. The number of rotatable bonds is 3. The number of benzene rings is 1. The highest BCUT2D eigenvalue weighted by Gasteiger charge is 2.28. The van der Waals surface area contributed by atoms with Crippen molar-refractivity contribution in [2.75, 3.05) is 17.9 Å². The van der Waals surface area contributed by atoms with Crippen LogP contribution in [0.2, 0.25) is 0 Å². The maximum absolute atomic E-state index is 13.6. The Labute approximate surface area is 118 Å². The van der Waals surface area contributed by atoms with Gasteiger partial charge in [0, 0.05) is 19.3 Å². The Morgan fingerprint density at radius 1 is 1.21 bits per heavy atom. The SMILES string of the molecule is O=S(=O)(Nc1cc(F)c(Br)cc1F)C1CCOCC1. The minimum absolute atomic E-state index is 0.0565. The van der Waals surface area contributed by atoms with Gasteiger partial charge in [0.15, 0.2) is 0 Å². The normalized spacial score (nSPS) is 17.4. The largest absolute Gasteiger partial charge is 0.381 e. The summed E-state index contributed by atoms with van der Waals surface area (Å²) >= 11 is 2.83. The summed E-state index contributed by atoms with van der Waals surface area (Å²) in [4.78, 5) is 0. The molecule has 1 fully saturated rings. The third kappa shape index (κ3) is 3.43. The zero-order valence-corrected chi connectivity index (χ0v) is 12.2. The monoisotopic (exact) mass is 355 g/mol. The van der Waals surface area contributed by atoms with E-state index in [1.807, 2.05) is 0 Å². The van der Waals surface area contributed by atoms with E-state index in [0.29, 0.717) is 26.1 Å². The fourth-order valence-electron chi connectivity index (χ4n) is 1.82. The van der Waals surface area contributed by atoms with Gasteiger partial charge in [-0.3, -0.25) is 4.72 Å². The predicted molar refractivity (Wildman–Crippen MR) is 70.4 cm³/mol. The highest BCUT2D eigenvalue weighted by Crippen LogP contribution is 2.26. The van der Waals surface area contributed by atoms with E-state index in [1.54, 1.807) is 0 Å². The molecule has 0 aromatic heterocycles. The standard InChI is InChI=1S/C11H12BrF2NO3S/c12-8-5-10(14)11(6-9(8)13)15-19(16,17)7-1-3-18-4-2-7/h5-7,15H,1-4H2. The van der Waals surface area contributed by atoms with Crippen LogP contribution < -0.4 is 4.72 Å². The number of ether oxygens (including phenoxy) is 1. The molecule has 1 saturated heterocycles. The summed E-state index contributed by atoms with van der Waals surface area (Å²) in [6.45, 7) is 0.700. The predicted octanol–water partition coefficient (Wildman–Crippen LogP) is 2.65. The number of hydrogen-bond acceptors (Lipinski definition) is 3. The van der Waals surface area contributed by atoms with Gasteiger partial charge in [0.25, 0.3) is 0 Å². The number of anilines is 1. The van der Waals surface area contributed by atoms with E-state index < -0.39 is 26.9 Å². The molecule has 0 atom stereocenters. The Balaban J connectivity index is 2.22. The van der Waals surface area contributed by atoms with Gasteiger partial charge < -0.3 is 4.74 Å². The first-order chi connectivity index (χ1) is 8.90. The fraction of sp³-hybridized carbons (Fsp3) is 0.455. The molecule has 1 heterocycles. The highest BCUT2D eigenvalue weighted by atomic mass is 79.9. The molecule has 1 aliphatic heterocycles. The average molecular weight is 356 g/mol. The number of nitrogens with one attached hydrogen (secondary N) is 1. The summed E-state index contributed by atoms with van der Waals surface area (Å²) in [7, 11) is -3.74. The smallest absolute Gasteiger partial charge is 0.235 e. The third-order valence-electron chi connectivity index (χ3n) is 2.87. The van der Waals surface area contributed by atoms with E-state index in [0.717, 1.165) is 12.1 Å². The van der Waals surface area contributed by atoms with Gasteiger partial charge in [-0.05, 0) is 34.8 Å². The molecule has 0 saturated carbocycles. The number of sulfonamides is 1. The van der Waals surface area contributed by atoms with E-state index in [9.17, 15) is 17.2 Å². The lowest BCUT2D eigenvalue weighted by atomic mass is 10.2. The molecule has 4 nitrogen and oxygen atoms in total. The average Bonchev–Trinajstić information content (AvgIpc) is 2.37. The van der Waals surface area contributed by atoms with Crippen molar-refractivity contribution in [1.29, 1.82) is 0 Å². The Kier molecular flexibility index (Phi) is 4.42. The maximum atomic E-state index is 13.6. The zero-order valence-electron chi connectivity index (χ0n) is 9.83. The van der Waals surface area contributed by atoms with Gasteiger partial charge in [0.1, 0.15) is 11.6 Å². The molecule has 0 spiro atoms. The van der Waals surface area contributed by atoms with Gasteiger partial charge in [-0.2, -0.15) is 0 Å². The lowest BCUT2D eigenvalue weighted by Crippen LogP contribution is -2.33. The molecular formula is C11H12BrF2NO3S. The summed E-state index contributed by atoms with van der Waals surface area (Å²) in [6.07, 6.45) is 0.686. The first-order valence-electron chi connectivity index (χ1n) is 5.64. The summed E-state index contributed by atoms with van der Waals surface area (Å²) < 4.78 is 58.1. The van der Waals surface area contributed by atoms with E-state index in [4.69, 9.17) is 4.74 Å². The molecule has 0 aliphatic carbocycles. The molecule has 8 heteroatoms. The van der Waals surface area contributed by atoms with Crippen molar-refractivity contribution in [3.05, 3.63) is 28.2 Å². The molecule has 0 bridgehead atoms. The van der Waals surface area contributed by atoms with Gasteiger partial charge in [-0.25, -0.2) is 17.2 Å². The van der Waals surface area contributed by atoms with Crippen LogP contribution in [0.15, 0.2) is 16.6 Å². The Morgan fingerprint density at radius 2 is 1.84 bits per heavy atom. The molecular weight excluding hydrogens is 344 g/mol. The van der Waals surface area contributed by atoms with Crippen LogP contribution in [-0.4, -0.2) is 26.9 Å². The van der Waals surface area contributed by atoms with Crippen molar-refractivity contribution in [1.82, 2.24) is 0 Å². The number of halogens is 3. The lowest BCUT2D eigenvalue weighted by molar-refractivity contribution is 0.0984. The van der Waals surface area contributed by atoms with Crippen molar-refractivity contribution >= 4 is 31.6 Å². The van der Waals surface area contributed by atoms with Gasteiger partial charge in [0.05, 0.1) is 15.4 Å². The molecule has 2 rings (SSSR count). The van der Waals surface area contributed by atoms with E-state index in [-0.39, 0.29) is 10.2 Å². The maximum Gasteiger partial charge on any atom is 0.235 e. The Hall–Kier alpha value is -0.730. The van der Waals surface area contributed by atoms with Crippen LogP contribution in [0.5, 0.6) is 0 Å². The quantitative estimate of drug-likeness (QED) is 0.848. The van der Waals surface area contributed by atoms with Crippen LogP contribution >= 0.6 is 15.9 Å². The molecule has 106 valence electrons. The molecule has 0 unspecified atom stereocenters. The molecule has 1 N–H and O–H groups in total. The molecule has 1 aliphatic rings. The summed E-state index contributed by atoms with van der Waals surface area (Å²) in [5, 5.41) is -0.646. The first-order valence-corrected chi connectivity index (χ1v) is 7.98. The first kappa shape index (κ1) is 14.7. The highest BCUT2D eigenvalue weighted by molar-refractivity contribution is 9.10. The van der Waals surface area contributed by atoms with E-state index in [1.165, 1.54) is 0 Å². The molecule has 19 heavy (non-hydrogen) atoms. The van der Waals surface area contributed by atoms with Gasteiger partial charge >= 0.3 is 0 Å². The second-order valence-electron chi connectivity index (χ2n) is 4.20. The van der Waals surface area contributed by atoms with Crippen LogP contribution in [-0.2, 0) is 14.8 Å². The fourth-order valence-corrected chi connectivity index (χ4v) is 3.58. The van der Waals surface area contributed by atoms with Crippen LogP contribution in [0.25, 0.3) is 0 Å². The summed E-state index contributed by atoms with van der Waals surface area (Å²) in [5.41, 5.74) is -0.382. The zero-order chi connectivity index (χ0) is 14.0. The molecule has 0 radical (unpaired) electrons. The van der Waals surface area contributed by atoms with Gasteiger partial charge in [0.2, 0.25) is 10.0 Å². The van der Waals surface area contributed by atoms with Crippen molar-refractivity contribution in [3.8, 4) is 0 Å². The van der Waals surface area contributed by atoms with Crippen LogP contribution in [0, 0.1) is 11.6 Å². The summed E-state index contributed by atoms with van der Waals surface area (Å²) in [6, 6.07) is 1.70. The van der Waals surface area contributed by atoms with Crippen molar-refractivity contribution in [2.24, 2.45) is 0 Å². The minimum atomic E-state index is -3.74. The lowest BCUT2D eigenvalue weighted by Gasteiger charge is -2.22. The molecule has 1 aromatic carbocycles. The van der Waals surface area contributed by atoms with Crippen molar-refractivity contribution in [3.63, 3.8) is 0 Å². The van der Waals surface area contributed by atoms with Crippen LogP contribution in [0.3, 0.4) is 0 Å². The van der Waals surface area contributed by atoms with Gasteiger partial charge in [-0.1, -0.05) is 0 Å². The van der Waals surface area contributed by atoms with E-state index >= 15 is 0 Å². The Morgan fingerprint density at radius 3 is 2.47 bits per heavy atom. The van der Waals surface area contributed by atoms with Crippen LogP contribution in [0.1, 0.15) is 12.8 Å².